The van der Waals surface area contributed by atoms with E-state index in [1.165, 1.54) is 16.8 Å². The molecule has 0 aliphatic rings. The van der Waals surface area contributed by atoms with Crippen LogP contribution in [0, 0.1) is 10.1 Å². The first kappa shape index (κ1) is 15.6. The van der Waals surface area contributed by atoms with Gasteiger partial charge in [0.1, 0.15) is 5.69 Å². The van der Waals surface area contributed by atoms with Gasteiger partial charge < -0.3 is 14.6 Å². The van der Waals surface area contributed by atoms with Crippen molar-refractivity contribution in [2.75, 3.05) is 25.1 Å². The Bertz CT molecular complexity index is 447. The predicted molar refractivity (Wildman–Crippen MR) is 73.6 cm³/mol. The molecule has 0 radical (unpaired) electrons. The maximum atomic E-state index is 11.8. The summed E-state index contributed by atoms with van der Waals surface area (Å²) in [5.41, 5.74) is 0.182. The highest BCUT2D eigenvalue weighted by Crippen LogP contribution is 2.14. The van der Waals surface area contributed by atoms with Crippen LogP contribution in [0.1, 0.15) is 16.9 Å². The van der Waals surface area contributed by atoms with Crippen molar-refractivity contribution in [1.82, 2.24) is 9.88 Å². The summed E-state index contributed by atoms with van der Waals surface area (Å²) in [5.74, 6) is -0.323. The fraction of sp³-hybridized carbons (Fsp3) is 0.545. The zero-order valence-corrected chi connectivity index (χ0v) is 12.2. The lowest BCUT2D eigenvalue weighted by Gasteiger charge is -2.05. The van der Waals surface area contributed by atoms with E-state index in [0.29, 0.717) is 26.2 Å². The number of rotatable bonds is 8. The molecule has 1 aromatic rings. The molecule has 7 nitrogen and oxygen atoms in total. The molecule has 0 atom stereocenters. The molecule has 1 amide bonds. The minimum atomic E-state index is -0.523. The van der Waals surface area contributed by atoms with Gasteiger partial charge in [-0.15, -0.1) is 0 Å². The highest BCUT2D eigenvalue weighted by molar-refractivity contribution is 9.09. The van der Waals surface area contributed by atoms with Crippen molar-refractivity contribution in [3.63, 3.8) is 0 Å². The molecule has 0 aliphatic heterocycles. The highest BCUT2D eigenvalue weighted by Gasteiger charge is 2.16. The van der Waals surface area contributed by atoms with Crippen LogP contribution < -0.4 is 5.32 Å². The number of hydrogen-bond acceptors (Lipinski definition) is 4. The zero-order chi connectivity index (χ0) is 14.3. The second-order valence-electron chi connectivity index (χ2n) is 3.86. The Kier molecular flexibility index (Phi) is 6.51. The van der Waals surface area contributed by atoms with Crippen LogP contribution in [0.25, 0.3) is 0 Å². The van der Waals surface area contributed by atoms with Crippen LogP contribution in [0.15, 0.2) is 12.3 Å². The van der Waals surface area contributed by atoms with E-state index in [1.54, 1.807) is 7.05 Å². The number of nitrogens with one attached hydrogen (secondary N) is 1. The number of aromatic nitrogens is 1. The molecular formula is C11H16BrN3O4. The molecule has 1 aromatic heterocycles. The molecule has 0 unspecified atom stereocenters. The van der Waals surface area contributed by atoms with E-state index >= 15 is 0 Å². The first-order valence-corrected chi connectivity index (χ1v) is 6.91. The van der Waals surface area contributed by atoms with E-state index in [4.69, 9.17) is 4.74 Å². The van der Waals surface area contributed by atoms with Gasteiger partial charge in [-0.1, -0.05) is 15.9 Å². The van der Waals surface area contributed by atoms with Crippen LogP contribution >= 0.6 is 15.9 Å². The molecule has 0 saturated carbocycles. The van der Waals surface area contributed by atoms with Gasteiger partial charge in [-0.3, -0.25) is 14.9 Å². The molecule has 1 heterocycles. The van der Waals surface area contributed by atoms with Gasteiger partial charge in [0.2, 0.25) is 0 Å². The largest absolute Gasteiger partial charge is 0.381 e. The summed E-state index contributed by atoms with van der Waals surface area (Å²) in [7, 11) is 1.60. The van der Waals surface area contributed by atoms with Gasteiger partial charge in [0.15, 0.2) is 0 Å². The molecule has 0 fully saturated rings. The molecule has 8 heteroatoms. The van der Waals surface area contributed by atoms with Gasteiger partial charge >= 0.3 is 0 Å². The topological polar surface area (TPSA) is 86.4 Å². The minimum Gasteiger partial charge on any atom is -0.381 e. The average molecular weight is 334 g/mol. The van der Waals surface area contributed by atoms with Crippen molar-refractivity contribution < 1.29 is 14.5 Å². The number of amides is 1. The Morgan fingerprint density at radius 1 is 1.58 bits per heavy atom. The number of nitro groups is 1. The Morgan fingerprint density at radius 3 is 2.89 bits per heavy atom. The molecule has 0 saturated heterocycles. The van der Waals surface area contributed by atoms with E-state index in [2.05, 4.69) is 21.2 Å². The third-order valence-corrected chi connectivity index (χ3v) is 2.73. The maximum Gasteiger partial charge on any atom is 0.287 e. The van der Waals surface area contributed by atoms with Crippen molar-refractivity contribution in [3.8, 4) is 0 Å². The van der Waals surface area contributed by atoms with Gasteiger partial charge in [0, 0.05) is 31.6 Å². The van der Waals surface area contributed by atoms with Crippen molar-refractivity contribution in [2.24, 2.45) is 7.05 Å². The van der Waals surface area contributed by atoms with Crippen LogP contribution in [0.3, 0.4) is 0 Å². The lowest BCUT2D eigenvalue weighted by atomic mass is 10.3. The molecule has 0 aliphatic carbocycles. The lowest BCUT2D eigenvalue weighted by molar-refractivity contribution is -0.384. The molecule has 0 aromatic carbocycles. The third-order valence-electron chi connectivity index (χ3n) is 2.41. The summed E-state index contributed by atoms with van der Waals surface area (Å²) in [6.07, 6.45) is 2.01. The van der Waals surface area contributed by atoms with E-state index in [-0.39, 0.29) is 17.3 Å². The summed E-state index contributed by atoms with van der Waals surface area (Å²) in [4.78, 5) is 21.9. The quantitative estimate of drug-likeness (QED) is 0.338. The fourth-order valence-electron chi connectivity index (χ4n) is 1.50. The molecule has 0 bridgehead atoms. The number of nitrogens with zero attached hydrogens (tertiary/aromatic N) is 2. The summed E-state index contributed by atoms with van der Waals surface area (Å²) in [6.45, 7) is 1.68. The smallest absolute Gasteiger partial charge is 0.287 e. The number of aryl methyl sites for hydroxylation is 1. The summed E-state index contributed by atoms with van der Waals surface area (Å²) in [6, 6.07) is 1.26. The van der Waals surface area contributed by atoms with Gasteiger partial charge in [-0.05, 0) is 6.42 Å². The molecule has 106 valence electrons. The first-order chi connectivity index (χ1) is 9.06. The van der Waals surface area contributed by atoms with Crippen molar-refractivity contribution in [1.29, 1.82) is 0 Å². The summed E-state index contributed by atoms with van der Waals surface area (Å²) < 4.78 is 6.68. The van der Waals surface area contributed by atoms with Crippen LogP contribution in [0.4, 0.5) is 5.69 Å². The number of hydrogen-bond donors (Lipinski definition) is 1. The third kappa shape index (κ3) is 4.99. The lowest BCUT2D eigenvalue weighted by Crippen LogP contribution is -2.27. The standard InChI is InChI=1S/C11H16BrN3O4/c1-14-8-9(15(17)18)7-10(14)11(16)13-4-2-5-19-6-3-12/h7-8H,2-6H2,1H3,(H,13,16). The van der Waals surface area contributed by atoms with E-state index in [0.717, 1.165) is 5.33 Å². The number of ether oxygens (including phenoxy) is 1. The summed E-state index contributed by atoms with van der Waals surface area (Å²) >= 11 is 3.24. The van der Waals surface area contributed by atoms with Gasteiger partial charge in [0.25, 0.3) is 11.6 Å². The molecule has 19 heavy (non-hydrogen) atoms. The fourth-order valence-corrected chi connectivity index (χ4v) is 1.72. The Hall–Kier alpha value is -1.41. The number of alkyl halides is 1. The van der Waals surface area contributed by atoms with Crippen molar-refractivity contribution in [2.45, 2.75) is 6.42 Å². The van der Waals surface area contributed by atoms with Crippen molar-refractivity contribution in [3.05, 3.63) is 28.1 Å². The monoisotopic (exact) mass is 333 g/mol. The van der Waals surface area contributed by atoms with Crippen molar-refractivity contribution >= 4 is 27.5 Å². The van der Waals surface area contributed by atoms with Crippen LogP contribution in [0.5, 0.6) is 0 Å². The second kappa shape index (κ2) is 7.90. The van der Waals surface area contributed by atoms with Gasteiger partial charge in [-0.2, -0.15) is 0 Å². The van der Waals surface area contributed by atoms with E-state index in [9.17, 15) is 14.9 Å². The summed E-state index contributed by atoms with van der Waals surface area (Å²) in [5, 5.41) is 14.1. The van der Waals surface area contributed by atoms with E-state index in [1.807, 2.05) is 0 Å². The minimum absolute atomic E-state index is 0.0895. The zero-order valence-electron chi connectivity index (χ0n) is 10.6. The number of halogens is 1. The molecule has 1 rings (SSSR count). The Balaban J connectivity index is 2.39. The average Bonchev–Trinajstić information content (AvgIpc) is 2.76. The Morgan fingerprint density at radius 2 is 2.32 bits per heavy atom. The Labute approximate surface area is 119 Å². The number of carbonyl (C=O) groups is 1. The molecular weight excluding hydrogens is 318 g/mol. The second-order valence-corrected chi connectivity index (χ2v) is 4.66. The maximum absolute atomic E-state index is 11.8. The SMILES string of the molecule is Cn1cc([N+](=O)[O-])cc1C(=O)NCCCOCCBr. The number of carbonyl (C=O) groups excluding carboxylic acids is 1. The molecule has 0 spiro atoms. The van der Waals surface area contributed by atoms with E-state index < -0.39 is 4.92 Å². The normalized spacial score (nSPS) is 10.4. The van der Waals surface area contributed by atoms with Gasteiger partial charge in [0.05, 0.1) is 17.7 Å². The van der Waals surface area contributed by atoms with Crippen LogP contribution in [-0.4, -0.2) is 40.5 Å². The first-order valence-electron chi connectivity index (χ1n) is 5.79. The van der Waals surface area contributed by atoms with Crippen LogP contribution in [0.2, 0.25) is 0 Å². The van der Waals surface area contributed by atoms with Gasteiger partial charge in [-0.25, -0.2) is 0 Å². The predicted octanol–water partition coefficient (Wildman–Crippen LogP) is 1.46. The molecule has 1 N–H and O–H groups in total. The van der Waals surface area contributed by atoms with Crippen LogP contribution in [-0.2, 0) is 11.8 Å². The highest BCUT2D eigenvalue weighted by atomic mass is 79.9.